The first-order chi connectivity index (χ1) is 19.1. The van der Waals surface area contributed by atoms with Crippen LogP contribution in [0, 0.1) is 12.3 Å². The summed E-state index contributed by atoms with van der Waals surface area (Å²) in [5.41, 5.74) is 1.31. The van der Waals surface area contributed by atoms with Gasteiger partial charge in [0.1, 0.15) is 18.8 Å². The van der Waals surface area contributed by atoms with E-state index in [1.807, 2.05) is 0 Å². The van der Waals surface area contributed by atoms with Crippen LogP contribution in [0.15, 0.2) is 24.3 Å². The van der Waals surface area contributed by atoms with E-state index in [0.717, 1.165) is 25.7 Å². The van der Waals surface area contributed by atoms with Gasteiger partial charge in [-0.05, 0) is 24.1 Å². The van der Waals surface area contributed by atoms with E-state index < -0.39 is 73.6 Å². The van der Waals surface area contributed by atoms with Gasteiger partial charge in [-0.2, -0.15) is 0 Å². The van der Waals surface area contributed by atoms with Gasteiger partial charge in [-0.15, -0.1) is 6.42 Å². The Morgan fingerprint density at radius 2 is 1.82 bits per heavy atom. The molecular formula is C28H40N2O10. The van der Waals surface area contributed by atoms with E-state index in [1.165, 1.54) is 0 Å². The number of nitrogens with one attached hydrogen (secondary N) is 2. The molecular weight excluding hydrogens is 524 g/mol. The van der Waals surface area contributed by atoms with Gasteiger partial charge in [0.05, 0.1) is 31.3 Å². The number of terminal acetylenes is 1. The lowest BCUT2D eigenvalue weighted by Gasteiger charge is -2.46. The van der Waals surface area contributed by atoms with E-state index >= 15 is 0 Å². The van der Waals surface area contributed by atoms with Gasteiger partial charge in [-0.3, -0.25) is 9.59 Å². The average molecular weight is 565 g/mol. The van der Waals surface area contributed by atoms with Crippen LogP contribution in [-0.4, -0.2) is 99.3 Å². The zero-order valence-electron chi connectivity index (χ0n) is 22.6. The maximum Gasteiger partial charge on any atom is 0.364 e. The SMILES string of the molecule is C#Cc1ccc(CC(=O)NC[C@@H](O)[C@@H](O)[C@@H]2O[C@@](OCCCCCCC)(C(=O)O)C[C@H](O)[C@H]2NC(=O)CO)cc1. The number of benzene rings is 1. The second-order valence-electron chi connectivity index (χ2n) is 9.81. The average Bonchev–Trinajstić information content (AvgIpc) is 2.94. The number of ether oxygens (including phenoxy) is 2. The minimum atomic E-state index is -2.36. The summed E-state index contributed by atoms with van der Waals surface area (Å²) in [6.07, 6.45) is 2.22. The number of carboxylic acids is 1. The van der Waals surface area contributed by atoms with Crippen LogP contribution in [0.3, 0.4) is 0 Å². The van der Waals surface area contributed by atoms with Crippen molar-refractivity contribution in [1.29, 1.82) is 0 Å². The molecule has 2 amide bonds. The number of carbonyl (C=O) groups is 3. The van der Waals surface area contributed by atoms with Gasteiger partial charge in [-0.1, -0.05) is 50.7 Å². The number of aliphatic hydroxyl groups is 4. The number of amides is 2. The van der Waals surface area contributed by atoms with E-state index in [-0.39, 0.29) is 13.0 Å². The molecule has 12 heteroatoms. The molecule has 1 aliphatic rings. The first-order valence-corrected chi connectivity index (χ1v) is 13.4. The molecule has 1 aromatic rings. The molecule has 1 aromatic carbocycles. The van der Waals surface area contributed by atoms with Crippen LogP contribution < -0.4 is 10.6 Å². The molecule has 0 bridgehead atoms. The van der Waals surface area contributed by atoms with Crippen LogP contribution in [-0.2, 0) is 30.3 Å². The second kappa shape index (κ2) is 16.3. The summed E-state index contributed by atoms with van der Waals surface area (Å²) in [4.78, 5) is 36.5. The number of carbonyl (C=O) groups excluding carboxylic acids is 2. The van der Waals surface area contributed by atoms with Gasteiger partial charge in [0, 0.05) is 18.5 Å². The molecule has 0 saturated carbocycles. The first-order valence-electron chi connectivity index (χ1n) is 13.4. The van der Waals surface area contributed by atoms with Crippen molar-refractivity contribution in [3.8, 4) is 12.3 Å². The van der Waals surface area contributed by atoms with Crippen LogP contribution in [0.4, 0.5) is 0 Å². The van der Waals surface area contributed by atoms with Gasteiger partial charge < -0.3 is 45.6 Å². The summed E-state index contributed by atoms with van der Waals surface area (Å²) < 4.78 is 11.3. The molecule has 0 unspecified atom stereocenters. The Bertz CT molecular complexity index is 1010. The quantitative estimate of drug-likeness (QED) is 0.101. The Morgan fingerprint density at radius 1 is 1.15 bits per heavy atom. The number of rotatable bonds is 16. The summed E-state index contributed by atoms with van der Waals surface area (Å²) in [6, 6.07) is 5.32. The van der Waals surface area contributed by atoms with E-state index in [9.17, 15) is 34.8 Å². The third-order valence-corrected chi connectivity index (χ3v) is 6.68. The normalized spacial score (nSPS) is 23.9. The highest BCUT2D eigenvalue weighted by atomic mass is 16.7. The van der Waals surface area contributed by atoms with Crippen LogP contribution in [0.1, 0.15) is 56.6 Å². The number of hydrogen-bond donors (Lipinski definition) is 7. The van der Waals surface area contributed by atoms with E-state index in [0.29, 0.717) is 17.5 Å². The van der Waals surface area contributed by atoms with E-state index in [1.54, 1.807) is 24.3 Å². The van der Waals surface area contributed by atoms with Gasteiger partial charge >= 0.3 is 5.97 Å². The fourth-order valence-corrected chi connectivity index (χ4v) is 4.41. The zero-order valence-corrected chi connectivity index (χ0v) is 22.6. The van der Waals surface area contributed by atoms with Crippen molar-refractivity contribution in [2.45, 2.75) is 88.1 Å². The summed E-state index contributed by atoms with van der Waals surface area (Å²) in [7, 11) is 0. The molecule has 2 rings (SSSR count). The zero-order chi connectivity index (χ0) is 29.7. The number of carboxylic acid groups (broad SMARTS) is 1. The Kier molecular flexibility index (Phi) is 13.5. The molecule has 1 aliphatic heterocycles. The minimum absolute atomic E-state index is 0.000147. The molecule has 7 N–H and O–H groups in total. The van der Waals surface area contributed by atoms with Crippen molar-refractivity contribution in [1.82, 2.24) is 10.6 Å². The molecule has 0 aromatic heterocycles. The molecule has 222 valence electrons. The molecule has 12 nitrogen and oxygen atoms in total. The van der Waals surface area contributed by atoms with Crippen molar-refractivity contribution in [2.75, 3.05) is 19.8 Å². The van der Waals surface area contributed by atoms with Crippen molar-refractivity contribution in [2.24, 2.45) is 0 Å². The van der Waals surface area contributed by atoms with Crippen molar-refractivity contribution in [3.63, 3.8) is 0 Å². The van der Waals surface area contributed by atoms with E-state index in [4.69, 9.17) is 21.0 Å². The Labute approximate surface area is 233 Å². The lowest BCUT2D eigenvalue weighted by atomic mass is 9.88. The number of unbranched alkanes of at least 4 members (excludes halogenated alkanes) is 4. The lowest BCUT2D eigenvalue weighted by molar-refractivity contribution is -0.310. The summed E-state index contributed by atoms with van der Waals surface area (Å²) in [5.74, 6) is -2.83. The molecule has 1 fully saturated rings. The fourth-order valence-electron chi connectivity index (χ4n) is 4.41. The van der Waals surface area contributed by atoms with Gasteiger partial charge in [0.2, 0.25) is 11.8 Å². The highest BCUT2D eigenvalue weighted by Crippen LogP contribution is 2.33. The highest BCUT2D eigenvalue weighted by molar-refractivity contribution is 5.79. The third kappa shape index (κ3) is 9.55. The predicted octanol–water partition coefficient (Wildman–Crippen LogP) is -0.557. The predicted molar refractivity (Wildman–Crippen MR) is 143 cm³/mol. The molecule has 0 radical (unpaired) electrons. The topological polar surface area (TPSA) is 195 Å². The largest absolute Gasteiger partial charge is 0.477 e. The van der Waals surface area contributed by atoms with Gasteiger partial charge in [-0.25, -0.2) is 4.79 Å². The summed E-state index contributed by atoms with van der Waals surface area (Å²) >= 11 is 0. The van der Waals surface area contributed by atoms with Gasteiger partial charge in [0.15, 0.2) is 0 Å². The summed E-state index contributed by atoms with van der Waals surface area (Å²) in [6.45, 7) is 0.673. The summed E-state index contributed by atoms with van der Waals surface area (Å²) in [5, 5.41) is 56.3. The minimum Gasteiger partial charge on any atom is -0.477 e. The van der Waals surface area contributed by atoms with Crippen LogP contribution in [0.2, 0.25) is 0 Å². The van der Waals surface area contributed by atoms with E-state index in [2.05, 4.69) is 23.5 Å². The van der Waals surface area contributed by atoms with Crippen molar-refractivity contribution < 1.29 is 49.4 Å². The molecule has 0 aliphatic carbocycles. The fraction of sp³-hybridized carbons (Fsp3) is 0.607. The monoisotopic (exact) mass is 564 g/mol. The first kappa shape index (κ1) is 33.2. The Balaban J connectivity index is 2.11. The second-order valence-corrected chi connectivity index (χ2v) is 9.81. The molecule has 40 heavy (non-hydrogen) atoms. The standard InChI is InChI=1S/C28H40N2O10/c1-3-5-6-7-8-13-39-28(27(37)38)15-20(32)24(30-23(35)17-31)26(40-28)25(36)21(33)16-29-22(34)14-19-11-9-18(4-2)10-12-19/h2,9-12,20-21,24-26,31-33,36H,3,5-8,13-17H2,1H3,(H,29,34)(H,30,35)(H,37,38)/t20-,21+,24+,25+,26+,28+/m0/s1. The smallest absolute Gasteiger partial charge is 0.364 e. The number of aliphatic carboxylic acids is 1. The number of hydrogen-bond acceptors (Lipinski definition) is 9. The third-order valence-electron chi connectivity index (χ3n) is 6.68. The molecule has 6 atom stereocenters. The van der Waals surface area contributed by atoms with Crippen molar-refractivity contribution >= 4 is 17.8 Å². The van der Waals surface area contributed by atoms with Crippen LogP contribution in [0.5, 0.6) is 0 Å². The van der Waals surface area contributed by atoms with Crippen molar-refractivity contribution in [3.05, 3.63) is 35.4 Å². The lowest BCUT2D eigenvalue weighted by Crippen LogP contribution is -2.68. The Hall–Kier alpha value is -3.05. The molecule has 1 saturated heterocycles. The van der Waals surface area contributed by atoms with Crippen LogP contribution in [0.25, 0.3) is 0 Å². The molecule has 0 spiro atoms. The van der Waals surface area contributed by atoms with Gasteiger partial charge in [0.25, 0.3) is 5.79 Å². The maximum atomic E-state index is 12.4. The highest BCUT2D eigenvalue weighted by Gasteiger charge is 2.55. The number of aliphatic hydroxyl groups excluding tert-OH is 4. The van der Waals surface area contributed by atoms with Crippen LogP contribution >= 0.6 is 0 Å². The maximum absolute atomic E-state index is 12.4. The molecule has 1 heterocycles. The Morgan fingerprint density at radius 3 is 2.42 bits per heavy atom.